The van der Waals surface area contributed by atoms with Crippen LogP contribution < -0.4 is 0 Å². The molecule has 3 rings (SSSR count). The van der Waals surface area contributed by atoms with Crippen LogP contribution in [0.2, 0.25) is 0 Å². The molecule has 0 aliphatic carbocycles. The molecule has 0 amide bonds. The van der Waals surface area contributed by atoms with Crippen LogP contribution in [0.5, 0.6) is 0 Å². The van der Waals surface area contributed by atoms with Crippen molar-refractivity contribution in [3.63, 3.8) is 0 Å². The third-order valence-electron chi connectivity index (χ3n) is 9.15. The maximum absolute atomic E-state index is 11.8. The van der Waals surface area contributed by atoms with E-state index >= 15 is 0 Å². The fraction of sp³-hybridized carbons (Fsp3) is 0.540. The molecule has 312 valence electrons. The number of aromatic nitrogens is 1. The van der Waals surface area contributed by atoms with Gasteiger partial charge in [-0.15, -0.1) is 12.3 Å². The third kappa shape index (κ3) is 22.5. The summed E-state index contributed by atoms with van der Waals surface area (Å²) in [5, 5.41) is 2.27. The number of terminal acetylenes is 1. The van der Waals surface area contributed by atoms with Gasteiger partial charge in [0.15, 0.2) is 12.1 Å². The molecule has 1 aromatic heterocycles. The lowest BCUT2D eigenvalue weighted by Crippen LogP contribution is -2.12. The number of carbonyl (C=O) groups is 2. The molecule has 1 fully saturated rings. The average Bonchev–Trinajstić information content (AvgIpc) is 3.61. The molecule has 1 N–H and O–H groups in total. The van der Waals surface area contributed by atoms with E-state index < -0.39 is 0 Å². The smallest absolute Gasteiger partial charge is 0.166 e. The zero-order valence-electron chi connectivity index (χ0n) is 37.8. The average molecular weight is 803 g/mol. The van der Waals surface area contributed by atoms with Gasteiger partial charge in [0.2, 0.25) is 0 Å². The number of nitrogens with one attached hydrogen (secondary N) is 1. The monoisotopic (exact) mass is 803 g/mol. The second-order valence-corrected chi connectivity index (χ2v) is 16.0. The van der Waals surface area contributed by atoms with E-state index in [0.29, 0.717) is 17.0 Å². The number of Topliss-reactive ketones (excluding diaryl/α,β-unsaturated/α-hetero) is 1. The number of allylic oxidation sites excluding steroid dienone is 5. The molecule has 0 bridgehead atoms. The van der Waals surface area contributed by atoms with Gasteiger partial charge in [-0.05, 0) is 101 Å². The van der Waals surface area contributed by atoms with Gasteiger partial charge in [-0.25, -0.2) is 0 Å². The topological polar surface area (TPSA) is 62.3 Å². The van der Waals surface area contributed by atoms with Gasteiger partial charge in [0.05, 0.1) is 5.71 Å². The fourth-order valence-electron chi connectivity index (χ4n) is 5.18. The summed E-state index contributed by atoms with van der Waals surface area (Å²) in [6, 6.07) is 6.92. The van der Waals surface area contributed by atoms with Crippen molar-refractivity contribution in [3.8, 4) is 12.3 Å². The van der Waals surface area contributed by atoms with Crippen LogP contribution in [-0.4, -0.2) is 34.3 Å². The van der Waals surface area contributed by atoms with Gasteiger partial charge >= 0.3 is 0 Å². The fourth-order valence-corrected chi connectivity index (χ4v) is 7.46. The molecule has 0 spiro atoms. The number of aldehydes is 1. The van der Waals surface area contributed by atoms with Crippen molar-refractivity contribution in [1.82, 2.24) is 4.98 Å². The van der Waals surface area contributed by atoms with Crippen LogP contribution in [-0.2, 0) is 0 Å². The van der Waals surface area contributed by atoms with E-state index in [1.165, 1.54) is 69.4 Å². The van der Waals surface area contributed by atoms with Gasteiger partial charge in [0, 0.05) is 57.6 Å². The van der Waals surface area contributed by atoms with Gasteiger partial charge in [-0.2, -0.15) is 11.8 Å². The lowest BCUT2D eigenvalue weighted by molar-refractivity contribution is 0.0922. The van der Waals surface area contributed by atoms with Gasteiger partial charge in [-0.3, -0.25) is 14.6 Å². The molecule has 0 saturated carbocycles. The Hall–Kier alpha value is -3.27. The van der Waals surface area contributed by atoms with Gasteiger partial charge < -0.3 is 4.98 Å². The van der Waals surface area contributed by atoms with Gasteiger partial charge in [0.25, 0.3) is 0 Å². The highest BCUT2D eigenvalue weighted by Gasteiger charge is 2.16. The maximum atomic E-state index is 11.8. The normalized spacial score (nSPS) is 14.2. The van der Waals surface area contributed by atoms with Crippen LogP contribution in [0.4, 0.5) is 0 Å². The number of nitrogens with zero attached hydrogens (tertiary/aromatic N) is 1. The lowest BCUT2D eigenvalue weighted by atomic mass is 9.94. The zero-order chi connectivity index (χ0) is 42.9. The minimum absolute atomic E-state index is 0.0175. The number of hydrogen-bond donors (Lipinski definition) is 1. The molecule has 1 aliphatic heterocycles. The molecule has 2 unspecified atom stereocenters. The quantitative estimate of drug-likeness (QED) is 0.0843. The summed E-state index contributed by atoms with van der Waals surface area (Å²) in [7, 11) is 0. The maximum Gasteiger partial charge on any atom is 0.166 e. The molecular weight excluding hydrogens is 725 g/mol. The molecule has 2 atom stereocenters. The van der Waals surface area contributed by atoms with Crippen molar-refractivity contribution in [3.05, 3.63) is 92.6 Å². The molecule has 1 aliphatic rings. The SMILES string of the molecule is C#CCC.CC.CC/C=C\c1c(/C(C)=C/S/C(=C\CC)C(=NC=C(C)C)C(C)CC)c[nH]c1C.CCC(C)C(=O)c1ccccc1C=O.CCC1CCSCC1. The first-order valence-electron chi connectivity index (χ1n) is 21.1. The van der Waals surface area contributed by atoms with Crippen molar-refractivity contribution < 1.29 is 9.59 Å². The first-order chi connectivity index (χ1) is 26.9. The first kappa shape index (κ1) is 54.8. The summed E-state index contributed by atoms with van der Waals surface area (Å²) in [4.78, 5) is 32.0. The molecular formula is C50H78N2O2S2. The molecule has 1 saturated heterocycles. The lowest BCUT2D eigenvalue weighted by Gasteiger charge is -2.18. The Morgan fingerprint density at radius 2 is 1.59 bits per heavy atom. The number of aromatic amines is 1. The standard InChI is InChI=1S/C25H38N2S.C12H14O2.C7H14S.C4H6.C2H6/c1-9-12-14-22-21(8)26-16-23(22)20(7)17-28-24(13-10-2)25(19(6)11-3)27-15-18(4)5;1-3-9(2)12(14)11-7-5-4-6-10(11)8-13;1-2-7-3-5-8-6-4-7;1-3-4-2;1-2/h12-17,19,26H,9-11H2,1-8H3;4-9H,3H2,1-2H3;7H,2-6H2,1H3;1H,4H2,2H3;1-2H3/b14-12-,20-17+,24-13-,27-25?;;;;. The van der Waals surface area contributed by atoms with E-state index in [2.05, 4.69) is 115 Å². The van der Waals surface area contributed by atoms with Crippen LogP contribution in [0.3, 0.4) is 0 Å². The predicted octanol–water partition coefficient (Wildman–Crippen LogP) is 15.9. The summed E-state index contributed by atoms with van der Waals surface area (Å²) in [5.41, 5.74) is 8.49. The number of ketones is 1. The number of carbonyl (C=O) groups excluding carboxylic acids is 2. The summed E-state index contributed by atoms with van der Waals surface area (Å²) in [6.07, 6.45) is 25.5. The highest BCUT2D eigenvalue weighted by atomic mass is 32.2. The van der Waals surface area contributed by atoms with E-state index in [9.17, 15) is 9.59 Å². The Balaban J connectivity index is 0. The Morgan fingerprint density at radius 3 is 2.07 bits per heavy atom. The predicted molar refractivity (Wildman–Crippen MR) is 257 cm³/mol. The van der Waals surface area contributed by atoms with Crippen LogP contribution in [0, 0.1) is 37.0 Å². The van der Waals surface area contributed by atoms with Crippen LogP contribution in [0.1, 0.15) is 179 Å². The van der Waals surface area contributed by atoms with E-state index in [1.54, 1.807) is 36.0 Å². The number of rotatable bonds is 15. The summed E-state index contributed by atoms with van der Waals surface area (Å²) < 4.78 is 0. The van der Waals surface area contributed by atoms with Crippen molar-refractivity contribution >= 4 is 53.0 Å². The Bertz CT molecular complexity index is 1560. The Kier molecular flexibility index (Phi) is 34.2. The number of aryl methyl sites for hydroxylation is 1. The number of aliphatic imine (C=N–C) groups is 1. The van der Waals surface area contributed by atoms with Gasteiger partial charge in [-0.1, -0.05) is 135 Å². The number of hydrogen-bond acceptors (Lipinski definition) is 5. The first-order valence-corrected chi connectivity index (χ1v) is 23.1. The van der Waals surface area contributed by atoms with E-state index in [-0.39, 0.29) is 11.7 Å². The number of H-pyrrole nitrogens is 1. The van der Waals surface area contributed by atoms with Crippen LogP contribution in [0.25, 0.3) is 11.6 Å². The van der Waals surface area contributed by atoms with E-state index in [4.69, 9.17) is 11.4 Å². The minimum Gasteiger partial charge on any atom is -0.364 e. The van der Waals surface area contributed by atoms with Crippen molar-refractivity contribution in [2.24, 2.45) is 22.7 Å². The summed E-state index contributed by atoms with van der Waals surface area (Å²) >= 11 is 3.91. The van der Waals surface area contributed by atoms with Gasteiger partial charge in [0.1, 0.15) is 0 Å². The zero-order valence-corrected chi connectivity index (χ0v) is 39.4. The summed E-state index contributed by atoms with van der Waals surface area (Å²) in [6.45, 7) is 29.5. The largest absolute Gasteiger partial charge is 0.364 e. The molecule has 56 heavy (non-hydrogen) atoms. The third-order valence-corrected chi connectivity index (χ3v) is 11.3. The molecule has 4 nitrogen and oxygen atoms in total. The van der Waals surface area contributed by atoms with Crippen LogP contribution in [0.15, 0.2) is 69.7 Å². The Morgan fingerprint density at radius 1 is 0.982 bits per heavy atom. The van der Waals surface area contributed by atoms with Crippen LogP contribution >= 0.6 is 23.5 Å². The van der Waals surface area contributed by atoms with Crippen molar-refractivity contribution in [2.45, 2.75) is 148 Å². The second-order valence-electron chi connectivity index (χ2n) is 13.9. The molecule has 0 radical (unpaired) electrons. The van der Waals surface area contributed by atoms with E-state index in [0.717, 1.165) is 44.3 Å². The summed E-state index contributed by atoms with van der Waals surface area (Å²) in [5.74, 6) is 6.80. The molecule has 6 heteroatoms. The molecule has 2 aromatic rings. The van der Waals surface area contributed by atoms with E-state index in [1.807, 2.05) is 40.8 Å². The number of benzene rings is 1. The minimum atomic E-state index is -0.0175. The highest BCUT2D eigenvalue weighted by molar-refractivity contribution is 8.06. The van der Waals surface area contributed by atoms with Crippen molar-refractivity contribution in [1.29, 1.82) is 0 Å². The number of thioether (sulfide) groups is 2. The Labute approximate surface area is 353 Å². The highest BCUT2D eigenvalue weighted by Crippen LogP contribution is 2.31. The van der Waals surface area contributed by atoms with Crippen molar-refractivity contribution in [2.75, 3.05) is 11.5 Å². The molecule has 2 heterocycles. The second kappa shape index (κ2) is 34.9. The molecule has 1 aromatic carbocycles.